The summed E-state index contributed by atoms with van der Waals surface area (Å²) >= 11 is 2.12. The zero-order chi connectivity index (χ0) is 6.81. The molecule has 0 spiro atoms. The van der Waals surface area contributed by atoms with E-state index in [0.717, 1.165) is 0 Å². The lowest BCUT2D eigenvalue weighted by molar-refractivity contribution is 0.654. The van der Waals surface area contributed by atoms with Crippen LogP contribution in [0.1, 0.15) is 32.1 Å². The number of rotatable bonds is 0. The van der Waals surface area contributed by atoms with Crippen LogP contribution in [-0.2, 0) is 0 Å². The topological polar surface area (TPSA) is 0 Å². The summed E-state index contributed by atoms with van der Waals surface area (Å²) in [5.74, 6) is 2.74. The quantitative estimate of drug-likeness (QED) is 0.483. The van der Waals surface area contributed by atoms with E-state index in [1.807, 2.05) is 11.1 Å². The first-order valence-electron chi connectivity index (χ1n) is 4.24. The molecule has 0 unspecified atom stereocenters. The molecule has 1 aliphatic carbocycles. The van der Waals surface area contributed by atoms with Crippen LogP contribution in [0.25, 0.3) is 0 Å². The Morgan fingerprint density at radius 1 is 0.900 bits per heavy atom. The van der Waals surface area contributed by atoms with Gasteiger partial charge in [-0.1, -0.05) is 11.1 Å². The van der Waals surface area contributed by atoms with Crippen LogP contribution in [0.2, 0.25) is 0 Å². The number of thioether (sulfide) groups is 1. The van der Waals surface area contributed by atoms with Crippen molar-refractivity contribution in [1.82, 2.24) is 0 Å². The molecular formula is C9H14S. The lowest BCUT2D eigenvalue weighted by Gasteiger charge is -2.24. The van der Waals surface area contributed by atoms with Crippen molar-refractivity contribution in [3.63, 3.8) is 0 Å². The Morgan fingerprint density at radius 2 is 1.70 bits per heavy atom. The highest BCUT2D eigenvalue weighted by atomic mass is 32.2. The van der Waals surface area contributed by atoms with Crippen LogP contribution in [0, 0.1) is 0 Å². The van der Waals surface area contributed by atoms with E-state index in [1.54, 1.807) is 0 Å². The van der Waals surface area contributed by atoms with Crippen molar-refractivity contribution in [3.8, 4) is 0 Å². The van der Waals surface area contributed by atoms with Gasteiger partial charge in [0.2, 0.25) is 0 Å². The van der Waals surface area contributed by atoms with Gasteiger partial charge >= 0.3 is 0 Å². The maximum absolute atomic E-state index is 2.12. The van der Waals surface area contributed by atoms with Crippen LogP contribution < -0.4 is 0 Å². The van der Waals surface area contributed by atoms with E-state index in [-0.39, 0.29) is 0 Å². The molecule has 0 bridgehead atoms. The molecule has 1 aliphatic heterocycles. The molecule has 10 heavy (non-hydrogen) atoms. The molecule has 1 heteroatoms. The Bertz CT molecular complexity index is 124. The summed E-state index contributed by atoms with van der Waals surface area (Å²) in [5.41, 5.74) is 3.63. The minimum Gasteiger partial charge on any atom is -0.157 e. The summed E-state index contributed by atoms with van der Waals surface area (Å²) in [4.78, 5) is 0. The summed E-state index contributed by atoms with van der Waals surface area (Å²) in [6, 6.07) is 0. The van der Waals surface area contributed by atoms with Gasteiger partial charge in [-0.05, 0) is 37.9 Å². The first-order chi connectivity index (χ1) is 4.97. The van der Waals surface area contributed by atoms with Gasteiger partial charge in [0.25, 0.3) is 0 Å². The minimum atomic E-state index is 1.36. The molecule has 0 aromatic rings. The van der Waals surface area contributed by atoms with Crippen molar-refractivity contribution in [1.29, 1.82) is 0 Å². The smallest absolute Gasteiger partial charge is 0.0146 e. The molecule has 2 aliphatic rings. The van der Waals surface area contributed by atoms with Crippen LogP contribution >= 0.6 is 11.8 Å². The highest BCUT2D eigenvalue weighted by Gasteiger charge is 2.15. The van der Waals surface area contributed by atoms with Gasteiger partial charge < -0.3 is 0 Å². The molecule has 56 valence electrons. The van der Waals surface area contributed by atoms with Crippen molar-refractivity contribution >= 4 is 11.8 Å². The Morgan fingerprint density at radius 3 is 2.50 bits per heavy atom. The minimum absolute atomic E-state index is 1.36. The second kappa shape index (κ2) is 3.00. The van der Waals surface area contributed by atoms with E-state index in [2.05, 4.69) is 11.8 Å². The molecule has 0 aromatic carbocycles. The van der Waals surface area contributed by atoms with Gasteiger partial charge in [0.05, 0.1) is 0 Å². The van der Waals surface area contributed by atoms with Gasteiger partial charge in [0.1, 0.15) is 0 Å². The zero-order valence-electron chi connectivity index (χ0n) is 6.36. The third-order valence-corrected chi connectivity index (χ3v) is 3.58. The van der Waals surface area contributed by atoms with Gasteiger partial charge in [-0.15, -0.1) is 0 Å². The summed E-state index contributed by atoms with van der Waals surface area (Å²) in [6.45, 7) is 0. The molecule has 0 fully saturated rings. The molecule has 2 rings (SSSR count). The summed E-state index contributed by atoms with van der Waals surface area (Å²) in [5, 5.41) is 0. The van der Waals surface area contributed by atoms with Crippen LogP contribution in [-0.4, -0.2) is 11.5 Å². The van der Waals surface area contributed by atoms with Crippen LogP contribution in [0.3, 0.4) is 0 Å². The SMILES string of the molecule is C1CCC2=C(C1)CCSC2. The number of hydrogen-bond acceptors (Lipinski definition) is 1. The van der Waals surface area contributed by atoms with E-state index >= 15 is 0 Å². The van der Waals surface area contributed by atoms with Gasteiger partial charge in [-0.3, -0.25) is 0 Å². The molecule has 0 aromatic heterocycles. The summed E-state index contributed by atoms with van der Waals surface area (Å²) in [6.07, 6.45) is 7.17. The molecule has 1 heterocycles. The summed E-state index contributed by atoms with van der Waals surface area (Å²) < 4.78 is 0. The molecule has 0 atom stereocenters. The number of allylic oxidation sites excluding steroid dienone is 1. The first-order valence-corrected chi connectivity index (χ1v) is 5.40. The van der Waals surface area contributed by atoms with E-state index in [0.29, 0.717) is 0 Å². The van der Waals surface area contributed by atoms with Crippen molar-refractivity contribution in [2.45, 2.75) is 32.1 Å². The molecule has 0 saturated carbocycles. The standard InChI is InChI=1S/C9H14S/c1-2-4-9-7-10-6-5-8(9)3-1/h1-7H2. The van der Waals surface area contributed by atoms with Crippen molar-refractivity contribution in [2.75, 3.05) is 11.5 Å². The van der Waals surface area contributed by atoms with E-state index in [1.165, 1.54) is 43.6 Å². The largest absolute Gasteiger partial charge is 0.157 e. The van der Waals surface area contributed by atoms with Crippen molar-refractivity contribution in [2.24, 2.45) is 0 Å². The molecule has 0 radical (unpaired) electrons. The first kappa shape index (κ1) is 6.78. The Kier molecular flexibility index (Phi) is 2.03. The lowest BCUT2D eigenvalue weighted by atomic mass is 9.91. The third kappa shape index (κ3) is 1.24. The third-order valence-electron chi connectivity index (χ3n) is 2.53. The van der Waals surface area contributed by atoms with Crippen molar-refractivity contribution in [3.05, 3.63) is 11.1 Å². The lowest BCUT2D eigenvalue weighted by Crippen LogP contribution is -2.07. The van der Waals surface area contributed by atoms with E-state index in [9.17, 15) is 0 Å². The Hall–Kier alpha value is 0.0900. The Labute approximate surface area is 67.1 Å². The normalized spacial score (nSPS) is 26.4. The van der Waals surface area contributed by atoms with E-state index in [4.69, 9.17) is 0 Å². The van der Waals surface area contributed by atoms with Gasteiger partial charge in [-0.25, -0.2) is 0 Å². The van der Waals surface area contributed by atoms with E-state index < -0.39 is 0 Å². The maximum Gasteiger partial charge on any atom is 0.0146 e. The predicted molar refractivity (Wildman–Crippen MR) is 47.4 cm³/mol. The fourth-order valence-electron chi connectivity index (χ4n) is 1.90. The second-order valence-electron chi connectivity index (χ2n) is 3.22. The molecule has 0 saturated heterocycles. The van der Waals surface area contributed by atoms with Crippen molar-refractivity contribution < 1.29 is 0 Å². The van der Waals surface area contributed by atoms with Crippen LogP contribution in [0.4, 0.5) is 0 Å². The molecule has 0 nitrogen and oxygen atoms in total. The zero-order valence-corrected chi connectivity index (χ0v) is 7.17. The average molecular weight is 154 g/mol. The highest BCUT2D eigenvalue weighted by Crippen LogP contribution is 2.33. The fraction of sp³-hybridized carbons (Fsp3) is 0.778. The molecular weight excluding hydrogens is 140 g/mol. The second-order valence-corrected chi connectivity index (χ2v) is 4.32. The van der Waals surface area contributed by atoms with Crippen LogP contribution in [0.5, 0.6) is 0 Å². The van der Waals surface area contributed by atoms with Gasteiger partial charge in [0, 0.05) is 5.75 Å². The fourth-order valence-corrected chi connectivity index (χ4v) is 3.03. The van der Waals surface area contributed by atoms with Crippen LogP contribution in [0.15, 0.2) is 11.1 Å². The van der Waals surface area contributed by atoms with Gasteiger partial charge in [0.15, 0.2) is 0 Å². The monoisotopic (exact) mass is 154 g/mol. The Balaban J connectivity index is 2.14. The summed E-state index contributed by atoms with van der Waals surface area (Å²) in [7, 11) is 0. The maximum atomic E-state index is 2.12. The predicted octanol–water partition coefficient (Wildman–Crippen LogP) is 2.99. The highest BCUT2D eigenvalue weighted by molar-refractivity contribution is 7.99. The van der Waals surface area contributed by atoms with Gasteiger partial charge in [-0.2, -0.15) is 11.8 Å². The number of hydrogen-bond donors (Lipinski definition) is 0. The average Bonchev–Trinajstić information content (AvgIpc) is 2.05. The molecule has 0 amide bonds. The molecule has 0 N–H and O–H groups in total.